The molecule has 4 heterocycles. The van der Waals surface area contributed by atoms with Gasteiger partial charge in [-0.25, -0.2) is 15.0 Å². The zero-order valence-corrected chi connectivity index (χ0v) is 15.3. The lowest BCUT2D eigenvalue weighted by Gasteiger charge is -2.38. The molecule has 1 N–H and O–H groups in total. The van der Waals surface area contributed by atoms with Gasteiger partial charge in [0.05, 0.1) is 17.9 Å². The van der Waals surface area contributed by atoms with Gasteiger partial charge in [0.1, 0.15) is 0 Å². The van der Waals surface area contributed by atoms with Gasteiger partial charge in [0, 0.05) is 44.3 Å². The summed E-state index contributed by atoms with van der Waals surface area (Å²) < 4.78 is 5.41. The average Bonchev–Trinajstić information content (AvgIpc) is 2.75. The number of hydrogen-bond donors (Lipinski definition) is 1. The first-order valence-corrected chi connectivity index (χ1v) is 9.55. The molecule has 2 aromatic heterocycles. The van der Waals surface area contributed by atoms with Crippen LogP contribution in [0.3, 0.4) is 0 Å². The SMILES string of the molecule is O=C(C1CCOCC1)N1CCCC[C@@H]1c1ccnc(Nc2cnccn2)n1. The number of amides is 1. The van der Waals surface area contributed by atoms with Crippen LogP contribution in [0.25, 0.3) is 0 Å². The number of rotatable bonds is 4. The third-order valence-electron chi connectivity index (χ3n) is 5.18. The van der Waals surface area contributed by atoms with E-state index in [1.807, 2.05) is 11.0 Å². The van der Waals surface area contributed by atoms with Crippen molar-refractivity contribution in [2.75, 3.05) is 25.1 Å². The van der Waals surface area contributed by atoms with Crippen molar-refractivity contribution >= 4 is 17.7 Å². The van der Waals surface area contributed by atoms with Crippen LogP contribution in [0.15, 0.2) is 30.9 Å². The number of likely N-dealkylation sites (tertiary alicyclic amines) is 1. The number of nitrogens with one attached hydrogen (secondary N) is 1. The van der Waals surface area contributed by atoms with E-state index in [0.717, 1.165) is 44.3 Å². The summed E-state index contributed by atoms with van der Waals surface area (Å²) >= 11 is 0. The molecular weight excluding hydrogens is 344 g/mol. The molecule has 0 spiro atoms. The third-order valence-corrected chi connectivity index (χ3v) is 5.18. The van der Waals surface area contributed by atoms with Gasteiger partial charge in [-0.15, -0.1) is 0 Å². The monoisotopic (exact) mass is 368 g/mol. The largest absolute Gasteiger partial charge is 0.381 e. The smallest absolute Gasteiger partial charge is 0.228 e. The lowest BCUT2D eigenvalue weighted by molar-refractivity contribution is -0.142. The Bertz CT molecular complexity index is 766. The van der Waals surface area contributed by atoms with E-state index in [1.54, 1.807) is 24.8 Å². The van der Waals surface area contributed by atoms with Crippen LogP contribution in [-0.2, 0) is 9.53 Å². The molecule has 0 saturated carbocycles. The molecule has 2 aromatic rings. The molecule has 27 heavy (non-hydrogen) atoms. The van der Waals surface area contributed by atoms with E-state index < -0.39 is 0 Å². The highest BCUT2D eigenvalue weighted by Gasteiger charge is 2.33. The number of carbonyl (C=O) groups excluding carboxylic acids is 1. The van der Waals surface area contributed by atoms with Crippen LogP contribution in [0.4, 0.5) is 11.8 Å². The lowest BCUT2D eigenvalue weighted by atomic mass is 9.93. The van der Waals surface area contributed by atoms with Crippen molar-refractivity contribution in [2.45, 2.75) is 38.1 Å². The molecule has 2 aliphatic heterocycles. The number of hydrogen-bond acceptors (Lipinski definition) is 7. The van der Waals surface area contributed by atoms with Crippen LogP contribution in [0.5, 0.6) is 0 Å². The minimum absolute atomic E-state index is 0.000461. The molecule has 0 radical (unpaired) electrons. The summed E-state index contributed by atoms with van der Waals surface area (Å²) in [7, 11) is 0. The van der Waals surface area contributed by atoms with Crippen LogP contribution in [-0.4, -0.2) is 50.5 Å². The van der Waals surface area contributed by atoms with E-state index >= 15 is 0 Å². The van der Waals surface area contributed by atoms with Crippen molar-refractivity contribution in [3.8, 4) is 0 Å². The van der Waals surface area contributed by atoms with Crippen molar-refractivity contribution in [1.29, 1.82) is 0 Å². The highest BCUT2D eigenvalue weighted by Crippen LogP contribution is 2.33. The number of nitrogens with zero attached hydrogens (tertiary/aromatic N) is 5. The summed E-state index contributed by atoms with van der Waals surface area (Å²) in [6.45, 7) is 2.14. The first kappa shape index (κ1) is 17.8. The number of ether oxygens (including phenoxy) is 1. The van der Waals surface area contributed by atoms with Gasteiger partial charge < -0.3 is 15.0 Å². The molecule has 2 fully saturated rings. The topological polar surface area (TPSA) is 93.1 Å². The van der Waals surface area contributed by atoms with Gasteiger partial charge >= 0.3 is 0 Å². The van der Waals surface area contributed by atoms with Gasteiger partial charge in [-0.2, -0.15) is 0 Å². The van der Waals surface area contributed by atoms with E-state index in [-0.39, 0.29) is 17.9 Å². The maximum Gasteiger partial charge on any atom is 0.228 e. The molecule has 0 bridgehead atoms. The first-order chi connectivity index (χ1) is 13.3. The quantitative estimate of drug-likeness (QED) is 0.886. The highest BCUT2D eigenvalue weighted by atomic mass is 16.5. The normalized spacial score (nSPS) is 21.0. The number of piperidine rings is 1. The summed E-state index contributed by atoms with van der Waals surface area (Å²) in [5.74, 6) is 1.37. The van der Waals surface area contributed by atoms with Crippen LogP contribution < -0.4 is 5.32 Å². The van der Waals surface area contributed by atoms with Gasteiger partial charge in [0.2, 0.25) is 11.9 Å². The summed E-state index contributed by atoms with van der Waals surface area (Å²) in [4.78, 5) is 32.3. The number of carbonyl (C=O) groups is 1. The van der Waals surface area contributed by atoms with Crippen molar-refractivity contribution in [1.82, 2.24) is 24.8 Å². The maximum atomic E-state index is 13.1. The second-order valence-electron chi connectivity index (χ2n) is 6.95. The summed E-state index contributed by atoms with van der Waals surface area (Å²) in [5.41, 5.74) is 0.872. The van der Waals surface area contributed by atoms with E-state index in [2.05, 4.69) is 25.3 Å². The lowest BCUT2D eigenvalue weighted by Crippen LogP contribution is -2.43. The highest BCUT2D eigenvalue weighted by molar-refractivity contribution is 5.79. The molecule has 1 atom stereocenters. The number of aromatic nitrogens is 4. The van der Waals surface area contributed by atoms with Crippen LogP contribution >= 0.6 is 0 Å². The fourth-order valence-electron chi connectivity index (χ4n) is 3.78. The molecule has 4 rings (SSSR count). The van der Waals surface area contributed by atoms with Crippen molar-refractivity contribution in [3.63, 3.8) is 0 Å². The minimum atomic E-state index is -0.000461. The summed E-state index contributed by atoms with van der Waals surface area (Å²) in [6, 6.07) is 1.90. The Morgan fingerprint density at radius 1 is 1.11 bits per heavy atom. The van der Waals surface area contributed by atoms with Gasteiger partial charge in [-0.05, 0) is 38.2 Å². The van der Waals surface area contributed by atoms with E-state index in [4.69, 9.17) is 4.74 Å². The zero-order valence-electron chi connectivity index (χ0n) is 15.3. The molecule has 0 unspecified atom stereocenters. The Morgan fingerprint density at radius 2 is 2.00 bits per heavy atom. The fraction of sp³-hybridized carbons (Fsp3) is 0.526. The molecule has 142 valence electrons. The van der Waals surface area contributed by atoms with E-state index in [0.29, 0.717) is 25.0 Å². The Hall–Kier alpha value is -2.61. The van der Waals surface area contributed by atoms with Gasteiger partial charge in [0.15, 0.2) is 5.82 Å². The first-order valence-electron chi connectivity index (χ1n) is 9.55. The maximum absolute atomic E-state index is 13.1. The molecule has 1 amide bonds. The predicted octanol–water partition coefficient (Wildman–Crippen LogP) is 2.49. The molecule has 2 aliphatic rings. The van der Waals surface area contributed by atoms with Gasteiger partial charge in [0.25, 0.3) is 0 Å². The Labute approximate surface area is 158 Å². The second kappa shape index (κ2) is 8.39. The van der Waals surface area contributed by atoms with E-state index in [1.165, 1.54) is 0 Å². The Morgan fingerprint density at radius 3 is 2.81 bits per heavy atom. The molecule has 0 aliphatic carbocycles. The summed E-state index contributed by atoms with van der Waals surface area (Å²) in [6.07, 6.45) is 11.3. The van der Waals surface area contributed by atoms with Crippen LogP contribution in [0, 0.1) is 5.92 Å². The predicted molar refractivity (Wildman–Crippen MR) is 99.2 cm³/mol. The van der Waals surface area contributed by atoms with Crippen LogP contribution in [0.1, 0.15) is 43.8 Å². The van der Waals surface area contributed by atoms with Crippen molar-refractivity contribution in [2.24, 2.45) is 5.92 Å². The van der Waals surface area contributed by atoms with E-state index in [9.17, 15) is 4.79 Å². The molecule has 8 nitrogen and oxygen atoms in total. The van der Waals surface area contributed by atoms with Crippen LogP contribution in [0.2, 0.25) is 0 Å². The van der Waals surface area contributed by atoms with Gasteiger partial charge in [-0.1, -0.05) is 0 Å². The molecular formula is C19H24N6O2. The van der Waals surface area contributed by atoms with Crippen molar-refractivity contribution < 1.29 is 9.53 Å². The third kappa shape index (κ3) is 4.21. The minimum Gasteiger partial charge on any atom is -0.381 e. The standard InChI is InChI=1S/C19H24N6O2/c26-18(14-5-11-27-12-6-14)25-10-2-1-3-16(25)15-4-7-22-19(23-15)24-17-13-20-8-9-21-17/h4,7-9,13-14,16H,1-3,5-6,10-12H2,(H,21,22,23,24)/t16-/m1/s1. The van der Waals surface area contributed by atoms with Crippen molar-refractivity contribution in [3.05, 3.63) is 36.5 Å². The van der Waals surface area contributed by atoms with Gasteiger partial charge in [-0.3, -0.25) is 9.78 Å². The Balaban J connectivity index is 1.53. The molecule has 8 heteroatoms. The summed E-state index contributed by atoms with van der Waals surface area (Å²) in [5, 5.41) is 3.08. The zero-order chi connectivity index (χ0) is 18.5. The molecule has 0 aromatic carbocycles. The number of anilines is 2. The fourth-order valence-corrected chi connectivity index (χ4v) is 3.78. The molecule has 2 saturated heterocycles. The average molecular weight is 368 g/mol. The second-order valence-corrected chi connectivity index (χ2v) is 6.95. The Kier molecular flexibility index (Phi) is 5.53.